The molecule has 0 spiro atoms. The maximum atomic E-state index is 5.81. The summed E-state index contributed by atoms with van der Waals surface area (Å²) in [4.78, 5) is 2.15. The topological polar surface area (TPSA) is 56.1 Å². The zero-order chi connectivity index (χ0) is 12.4. The Bertz CT molecular complexity index is 512. The molecule has 0 saturated carbocycles. The van der Waals surface area contributed by atoms with Crippen molar-refractivity contribution in [2.24, 2.45) is 7.05 Å². The van der Waals surface area contributed by atoms with Crippen LogP contribution in [0, 0.1) is 0 Å². The third-order valence-corrected chi connectivity index (χ3v) is 3.12. The second-order valence-electron chi connectivity index (χ2n) is 4.32. The number of ether oxygens (including phenoxy) is 1. The Labute approximate surface area is 105 Å². The minimum absolute atomic E-state index is 0.0802. The normalized spacial score (nSPS) is 20.1. The van der Waals surface area contributed by atoms with E-state index in [4.69, 9.17) is 4.74 Å². The van der Waals surface area contributed by atoms with Gasteiger partial charge in [-0.15, -0.1) is 0 Å². The van der Waals surface area contributed by atoms with Gasteiger partial charge in [-0.3, -0.25) is 0 Å². The minimum Gasteiger partial charge on any atom is -0.370 e. The largest absolute Gasteiger partial charge is 0.370 e. The first-order valence-corrected chi connectivity index (χ1v) is 5.98. The van der Waals surface area contributed by atoms with Gasteiger partial charge >= 0.3 is 0 Å². The van der Waals surface area contributed by atoms with Gasteiger partial charge in [0.15, 0.2) is 0 Å². The lowest BCUT2D eigenvalue weighted by molar-refractivity contribution is 0.0390. The molecule has 0 unspecified atom stereocenters. The van der Waals surface area contributed by atoms with Crippen LogP contribution in [0.5, 0.6) is 0 Å². The van der Waals surface area contributed by atoms with E-state index in [2.05, 4.69) is 32.6 Å². The molecule has 6 heteroatoms. The van der Waals surface area contributed by atoms with E-state index in [9.17, 15) is 0 Å². The van der Waals surface area contributed by atoms with Gasteiger partial charge in [0, 0.05) is 13.6 Å². The second kappa shape index (κ2) is 4.73. The quantitative estimate of drug-likeness (QED) is 0.783. The molecule has 1 saturated heterocycles. The lowest BCUT2D eigenvalue weighted by atomic mass is 10.1. The van der Waals surface area contributed by atoms with E-state index in [1.165, 1.54) is 5.56 Å². The van der Waals surface area contributed by atoms with E-state index in [1.54, 1.807) is 4.68 Å². The molecule has 1 aromatic heterocycles. The van der Waals surface area contributed by atoms with E-state index >= 15 is 0 Å². The standard InChI is InChI=1S/C12H15N5O/c1-16-12(13-14-15-16)17-7-8-18-11(9-17)10-5-3-2-4-6-10/h2-6,11H,7-9H2,1H3/t11-/m0/s1. The highest BCUT2D eigenvalue weighted by molar-refractivity contribution is 5.31. The lowest BCUT2D eigenvalue weighted by Crippen LogP contribution is -2.39. The fourth-order valence-corrected chi connectivity index (χ4v) is 2.19. The molecule has 0 radical (unpaired) electrons. The summed E-state index contributed by atoms with van der Waals surface area (Å²) in [5, 5.41) is 11.6. The zero-order valence-corrected chi connectivity index (χ0v) is 10.2. The summed E-state index contributed by atoms with van der Waals surface area (Å²) in [6, 6.07) is 10.2. The number of morpholine rings is 1. The molecule has 1 aliphatic rings. The predicted octanol–water partition coefficient (Wildman–Crippen LogP) is 0.788. The Hall–Kier alpha value is -1.95. The van der Waals surface area contributed by atoms with Gasteiger partial charge in [0.1, 0.15) is 6.10 Å². The summed E-state index contributed by atoms with van der Waals surface area (Å²) in [5.41, 5.74) is 1.19. The molecule has 94 valence electrons. The van der Waals surface area contributed by atoms with E-state index in [0.717, 1.165) is 19.0 Å². The summed E-state index contributed by atoms with van der Waals surface area (Å²) < 4.78 is 7.50. The smallest absolute Gasteiger partial charge is 0.245 e. The molecule has 1 fully saturated rings. The van der Waals surface area contributed by atoms with E-state index < -0.39 is 0 Å². The third-order valence-electron chi connectivity index (χ3n) is 3.12. The van der Waals surface area contributed by atoms with Gasteiger partial charge in [0.2, 0.25) is 5.95 Å². The number of hydrogen-bond acceptors (Lipinski definition) is 5. The first-order valence-electron chi connectivity index (χ1n) is 5.98. The van der Waals surface area contributed by atoms with Crippen molar-refractivity contribution in [1.82, 2.24) is 20.2 Å². The van der Waals surface area contributed by atoms with Crippen LogP contribution in [0.2, 0.25) is 0 Å². The number of aryl methyl sites for hydroxylation is 1. The molecule has 2 aromatic rings. The molecule has 6 nitrogen and oxygen atoms in total. The highest BCUT2D eigenvalue weighted by atomic mass is 16.5. The number of nitrogens with zero attached hydrogens (tertiary/aromatic N) is 5. The minimum atomic E-state index is 0.0802. The Morgan fingerprint density at radius 3 is 2.83 bits per heavy atom. The van der Waals surface area contributed by atoms with Crippen LogP contribution >= 0.6 is 0 Å². The van der Waals surface area contributed by atoms with Crippen LogP contribution in [0.15, 0.2) is 30.3 Å². The van der Waals surface area contributed by atoms with Crippen molar-refractivity contribution in [3.05, 3.63) is 35.9 Å². The Morgan fingerprint density at radius 2 is 2.11 bits per heavy atom. The molecule has 1 atom stereocenters. The van der Waals surface area contributed by atoms with Crippen LogP contribution in [-0.2, 0) is 11.8 Å². The molecule has 0 N–H and O–H groups in total. The number of tetrazole rings is 1. The molecule has 0 amide bonds. The third kappa shape index (κ3) is 2.06. The van der Waals surface area contributed by atoms with E-state index in [0.29, 0.717) is 6.61 Å². The molecular weight excluding hydrogens is 230 g/mol. The summed E-state index contributed by atoms with van der Waals surface area (Å²) in [6.45, 7) is 2.28. The molecule has 3 rings (SSSR count). The number of aromatic nitrogens is 4. The highest BCUT2D eigenvalue weighted by Crippen LogP contribution is 2.24. The fourth-order valence-electron chi connectivity index (χ4n) is 2.19. The Morgan fingerprint density at radius 1 is 1.28 bits per heavy atom. The van der Waals surface area contributed by atoms with Crippen molar-refractivity contribution < 1.29 is 4.74 Å². The van der Waals surface area contributed by atoms with E-state index in [1.807, 2.05) is 25.2 Å². The lowest BCUT2D eigenvalue weighted by Gasteiger charge is -2.33. The van der Waals surface area contributed by atoms with Gasteiger partial charge in [-0.1, -0.05) is 35.4 Å². The molecule has 1 aliphatic heterocycles. The molecule has 1 aromatic carbocycles. The Balaban J connectivity index is 1.79. The maximum absolute atomic E-state index is 5.81. The van der Waals surface area contributed by atoms with Crippen LogP contribution in [0.25, 0.3) is 0 Å². The van der Waals surface area contributed by atoms with Crippen LogP contribution in [0.1, 0.15) is 11.7 Å². The van der Waals surface area contributed by atoms with Gasteiger partial charge in [0.25, 0.3) is 0 Å². The average Bonchev–Trinajstić information content (AvgIpc) is 2.86. The van der Waals surface area contributed by atoms with Gasteiger partial charge in [-0.25, -0.2) is 4.68 Å². The number of rotatable bonds is 2. The van der Waals surface area contributed by atoms with Crippen LogP contribution in [0.3, 0.4) is 0 Å². The van der Waals surface area contributed by atoms with Crippen molar-refractivity contribution in [1.29, 1.82) is 0 Å². The summed E-state index contributed by atoms with van der Waals surface area (Å²) >= 11 is 0. The maximum Gasteiger partial charge on any atom is 0.245 e. The van der Waals surface area contributed by atoms with Gasteiger partial charge in [-0.2, -0.15) is 0 Å². The van der Waals surface area contributed by atoms with Crippen molar-refractivity contribution in [3.8, 4) is 0 Å². The fraction of sp³-hybridized carbons (Fsp3) is 0.417. The average molecular weight is 245 g/mol. The number of hydrogen-bond donors (Lipinski definition) is 0. The van der Waals surface area contributed by atoms with Crippen LogP contribution in [-0.4, -0.2) is 39.9 Å². The van der Waals surface area contributed by atoms with Crippen molar-refractivity contribution >= 4 is 5.95 Å². The second-order valence-corrected chi connectivity index (χ2v) is 4.32. The summed E-state index contributed by atoms with van der Waals surface area (Å²) in [6.07, 6.45) is 0.0802. The molecular formula is C12H15N5O. The Kier molecular flexibility index (Phi) is 2.93. The SMILES string of the molecule is Cn1nnnc1N1CCO[C@H](c2ccccc2)C1. The molecule has 0 bridgehead atoms. The molecule has 2 heterocycles. The van der Waals surface area contributed by atoms with Crippen LogP contribution in [0.4, 0.5) is 5.95 Å². The molecule has 0 aliphatic carbocycles. The van der Waals surface area contributed by atoms with Gasteiger partial charge < -0.3 is 9.64 Å². The van der Waals surface area contributed by atoms with Gasteiger partial charge in [-0.05, 0) is 16.0 Å². The first kappa shape index (κ1) is 11.2. The summed E-state index contributed by atoms with van der Waals surface area (Å²) in [7, 11) is 1.85. The zero-order valence-electron chi connectivity index (χ0n) is 10.2. The van der Waals surface area contributed by atoms with E-state index in [-0.39, 0.29) is 6.10 Å². The summed E-state index contributed by atoms with van der Waals surface area (Å²) in [5.74, 6) is 0.791. The van der Waals surface area contributed by atoms with Crippen molar-refractivity contribution in [2.45, 2.75) is 6.10 Å². The van der Waals surface area contributed by atoms with Crippen LogP contribution < -0.4 is 4.90 Å². The number of benzene rings is 1. The first-order chi connectivity index (χ1) is 8.84. The number of anilines is 1. The van der Waals surface area contributed by atoms with Crippen molar-refractivity contribution in [2.75, 3.05) is 24.6 Å². The van der Waals surface area contributed by atoms with Crippen molar-refractivity contribution in [3.63, 3.8) is 0 Å². The van der Waals surface area contributed by atoms with Gasteiger partial charge in [0.05, 0.1) is 13.2 Å². The predicted molar refractivity (Wildman–Crippen MR) is 66.1 cm³/mol. The molecule has 18 heavy (non-hydrogen) atoms. The highest BCUT2D eigenvalue weighted by Gasteiger charge is 2.24. The monoisotopic (exact) mass is 245 g/mol.